The topological polar surface area (TPSA) is 45.8 Å². The van der Waals surface area contributed by atoms with Crippen LogP contribution in [0.1, 0.15) is 29.2 Å². The van der Waals surface area contributed by atoms with Gasteiger partial charge in [-0.2, -0.15) is 0 Å². The van der Waals surface area contributed by atoms with Crippen LogP contribution >= 0.6 is 0 Å². The standard InChI is InChI=1S/C22H29N3O2/c1-26-15-18-12-16(8-9-21(18)27-2)13-25-11-10-20-19(14-25)22(24-23-20)17-6-4-3-5-7-17/h3-9,12,19-20,22-24H,10-11,13-15H2,1-2H3. The average molecular weight is 367 g/mol. The number of methoxy groups -OCH3 is 2. The van der Waals surface area contributed by atoms with Crippen molar-refractivity contribution in [2.24, 2.45) is 5.92 Å². The molecule has 3 unspecified atom stereocenters. The van der Waals surface area contributed by atoms with E-state index >= 15 is 0 Å². The molecule has 0 aromatic heterocycles. The molecule has 2 aromatic carbocycles. The summed E-state index contributed by atoms with van der Waals surface area (Å²) in [5.41, 5.74) is 10.8. The van der Waals surface area contributed by atoms with Gasteiger partial charge in [-0.05, 0) is 29.7 Å². The lowest BCUT2D eigenvalue weighted by atomic mass is 9.85. The molecule has 5 nitrogen and oxygen atoms in total. The second-order valence-electron chi connectivity index (χ2n) is 7.55. The second-order valence-corrected chi connectivity index (χ2v) is 7.55. The normalized spacial score (nSPS) is 25.3. The second kappa shape index (κ2) is 8.40. The molecule has 0 radical (unpaired) electrons. The summed E-state index contributed by atoms with van der Waals surface area (Å²) in [6, 6.07) is 18.1. The fourth-order valence-corrected chi connectivity index (χ4v) is 4.46. The third kappa shape index (κ3) is 4.01. The van der Waals surface area contributed by atoms with E-state index in [0.29, 0.717) is 24.6 Å². The van der Waals surface area contributed by atoms with Gasteiger partial charge in [0.25, 0.3) is 0 Å². The lowest BCUT2D eigenvalue weighted by Gasteiger charge is -2.36. The molecule has 2 heterocycles. The first-order valence-corrected chi connectivity index (χ1v) is 9.71. The fourth-order valence-electron chi connectivity index (χ4n) is 4.46. The van der Waals surface area contributed by atoms with Crippen molar-refractivity contribution in [2.45, 2.75) is 31.7 Å². The summed E-state index contributed by atoms with van der Waals surface area (Å²) in [6.45, 7) is 3.75. The zero-order valence-electron chi connectivity index (χ0n) is 16.2. The number of piperidine rings is 1. The highest BCUT2D eigenvalue weighted by molar-refractivity contribution is 5.37. The Kier molecular flexibility index (Phi) is 5.74. The van der Waals surface area contributed by atoms with Crippen molar-refractivity contribution >= 4 is 0 Å². The maximum Gasteiger partial charge on any atom is 0.124 e. The van der Waals surface area contributed by atoms with Crippen molar-refractivity contribution < 1.29 is 9.47 Å². The molecule has 2 fully saturated rings. The van der Waals surface area contributed by atoms with E-state index in [2.05, 4.69) is 64.3 Å². The van der Waals surface area contributed by atoms with Crippen LogP contribution in [0.25, 0.3) is 0 Å². The Morgan fingerprint density at radius 2 is 1.93 bits per heavy atom. The smallest absolute Gasteiger partial charge is 0.124 e. The first-order valence-electron chi connectivity index (χ1n) is 9.71. The van der Waals surface area contributed by atoms with E-state index in [0.717, 1.165) is 30.9 Å². The van der Waals surface area contributed by atoms with Crippen LogP contribution in [0.3, 0.4) is 0 Å². The van der Waals surface area contributed by atoms with E-state index in [1.807, 2.05) is 0 Å². The molecule has 2 aromatic rings. The van der Waals surface area contributed by atoms with Crippen LogP contribution in [0.4, 0.5) is 0 Å². The van der Waals surface area contributed by atoms with E-state index < -0.39 is 0 Å². The van der Waals surface area contributed by atoms with E-state index in [9.17, 15) is 0 Å². The zero-order valence-corrected chi connectivity index (χ0v) is 16.2. The number of rotatable bonds is 6. The van der Waals surface area contributed by atoms with Crippen molar-refractivity contribution in [3.8, 4) is 5.75 Å². The number of likely N-dealkylation sites (tertiary alicyclic amines) is 1. The molecule has 0 amide bonds. The number of nitrogens with zero attached hydrogens (tertiary/aromatic N) is 1. The van der Waals surface area contributed by atoms with Crippen LogP contribution in [0.15, 0.2) is 48.5 Å². The number of fused-ring (bicyclic) bond motifs is 1. The van der Waals surface area contributed by atoms with E-state index in [1.165, 1.54) is 17.5 Å². The first kappa shape index (κ1) is 18.4. The molecule has 2 N–H and O–H groups in total. The van der Waals surface area contributed by atoms with Gasteiger partial charge in [0.05, 0.1) is 19.8 Å². The van der Waals surface area contributed by atoms with Gasteiger partial charge in [-0.15, -0.1) is 0 Å². The molecule has 2 aliphatic rings. The van der Waals surface area contributed by atoms with Crippen molar-refractivity contribution in [3.63, 3.8) is 0 Å². The highest BCUT2D eigenvalue weighted by atomic mass is 16.5. The number of benzene rings is 2. The summed E-state index contributed by atoms with van der Waals surface area (Å²) in [6.07, 6.45) is 1.17. The molecule has 5 heteroatoms. The maximum atomic E-state index is 5.45. The fraction of sp³-hybridized carbons (Fsp3) is 0.455. The zero-order chi connectivity index (χ0) is 18.6. The molecule has 3 atom stereocenters. The molecule has 0 aliphatic carbocycles. The number of ether oxygens (including phenoxy) is 2. The Balaban J connectivity index is 1.46. The predicted octanol–water partition coefficient (Wildman–Crippen LogP) is 2.88. The monoisotopic (exact) mass is 367 g/mol. The van der Waals surface area contributed by atoms with Crippen LogP contribution in [-0.4, -0.2) is 38.3 Å². The molecule has 2 aliphatic heterocycles. The minimum Gasteiger partial charge on any atom is -0.496 e. The van der Waals surface area contributed by atoms with Crippen molar-refractivity contribution in [1.29, 1.82) is 0 Å². The lowest BCUT2D eigenvalue weighted by Crippen LogP contribution is -2.45. The quantitative estimate of drug-likeness (QED) is 0.822. The molecular formula is C22H29N3O2. The van der Waals surface area contributed by atoms with Crippen LogP contribution < -0.4 is 15.6 Å². The third-order valence-corrected chi connectivity index (χ3v) is 5.80. The number of hydrogen-bond donors (Lipinski definition) is 2. The Morgan fingerprint density at radius 1 is 1.07 bits per heavy atom. The summed E-state index contributed by atoms with van der Waals surface area (Å²) in [5.74, 6) is 1.48. The largest absolute Gasteiger partial charge is 0.496 e. The molecule has 0 bridgehead atoms. The van der Waals surface area contributed by atoms with Gasteiger partial charge in [-0.1, -0.05) is 36.4 Å². The van der Waals surface area contributed by atoms with Gasteiger partial charge in [0.15, 0.2) is 0 Å². The van der Waals surface area contributed by atoms with Gasteiger partial charge < -0.3 is 9.47 Å². The molecular weight excluding hydrogens is 338 g/mol. The van der Waals surface area contributed by atoms with Gasteiger partial charge >= 0.3 is 0 Å². The van der Waals surface area contributed by atoms with Crippen LogP contribution in [0.5, 0.6) is 5.75 Å². The maximum absolute atomic E-state index is 5.45. The summed E-state index contributed by atoms with van der Waals surface area (Å²) in [7, 11) is 3.43. The molecule has 4 rings (SSSR count). The number of hydrogen-bond acceptors (Lipinski definition) is 5. The summed E-state index contributed by atoms with van der Waals surface area (Å²) in [5, 5.41) is 0. The van der Waals surface area contributed by atoms with Gasteiger partial charge in [-0.3, -0.25) is 10.3 Å². The SMILES string of the molecule is COCc1cc(CN2CCC3NNC(c4ccccc4)C3C2)ccc1OC. The Labute approximate surface area is 161 Å². The van der Waals surface area contributed by atoms with E-state index in [1.54, 1.807) is 14.2 Å². The first-order chi connectivity index (χ1) is 13.3. The van der Waals surface area contributed by atoms with Gasteiger partial charge in [-0.25, -0.2) is 5.43 Å². The number of nitrogens with one attached hydrogen (secondary N) is 2. The van der Waals surface area contributed by atoms with Gasteiger partial charge in [0, 0.05) is 44.3 Å². The van der Waals surface area contributed by atoms with E-state index in [-0.39, 0.29) is 0 Å². The van der Waals surface area contributed by atoms with Crippen LogP contribution in [-0.2, 0) is 17.9 Å². The van der Waals surface area contributed by atoms with Crippen LogP contribution in [0, 0.1) is 5.92 Å². The molecule has 0 saturated carbocycles. The Bertz CT molecular complexity index is 752. The molecule has 27 heavy (non-hydrogen) atoms. The Morgan fingerprint density at radius 3 is 2.70 bits per heavy atom. The Hall–Kier alpha value is -1.92. The number of hydrazine groups is 1. The summed E-state index contributed by atoms with van der Waals surface area (Å²) >= 11 is 0. The average Bonchev–Trinajstić information content (AvgIpc) is 3.12. The molecule has 144 valence electrons. The van der Waals surface area contributed by atoms with E-state index in [4.69, 9.17) is 9.47 Å². The minimum absolute atomic E-state index is 0.374. The highest BCUT2D eigenvalue weighted by Gasteiger charge is 2.40. The highest BCUT2D eigenvalue weighted by Crippen LogP contribution is 2.34. The van der Waals surface area contributed by atoms with Crippen molar-refractivity contribution in [2.75, 3.05) is 27.3 Å². The van der Waals surface area contributed by atoms with Crippen molar-refractivity contribution in [1.82, 2.24) is 15.8 Å². The van der Waals surface area contributed by atoms with Crippen molar-refractivity contribution in [3.05, 3.63) is 65.2 Å². The van der Waals surface area contributed by atoms with Gasteiger partial charge in [0.1, 0.15) is 5.75 Å². The lowest BCUT2D eigenvalue weighted by molar-refractivity contribution is 0.148. The summed E-state index contributed by atoms with van der Waals surface area (Å²) in [4.78, 5) is 2.57. The minimum atomic E-state index is 0.374. The van der Waals surface area contributed by atoms with Crippen LogP contribution in [0.2, 0.25) is 0 Å². The summed E-state index contributed by atoms with van der Waals surface area (Å²) < 4.78 is 10.8. The molecule has 0 spiro atoms. The third-order valence-electron chi connectivity index (χ3n) is 5.80. The van der Waals surface area contributed by atoms with Gasteiger partial charge in [0.2, 0.25) is 0 Å². The predicted molar refractivity (Wildman–Crippen MR) is 106 cm³/mol. The molecule has 2 saturated heterocycles.